The molecule has 0 spiro atoms. The summed E-state index contributed by atoms with van der Waals surface area (Å²) in [5.41, 5.74) is 3.29. The fraction of sp³-hybridized carbons (Fsp3) is 0.500. The van der Waals surface area contributed by atoms with Gasteiger partial charge in [-0.1, -0.05) is 38.4 Å². The Balaban J connectivity index is 2.90. The van der Waals surface area contributed by atoms with E-state index in [2.05, 4.69) is 32.2 Å². The minimum atomic E-state index is -0.856. The van der Waals surface area contributed by atoms with E-state index in [4.69, 9.17) is 16.7 Å². The van der Waals surface area contributed by atoms with E-state index < -0.39 is 5.97 Å². The third kappa shape index (κ3) is 4.00. The Morgan fingerprint density at radius 2 is 2.00 bits per heavy atom. The molecule has 1 aromatic carbocycles. The summed E-state index contributed by atoms with van der Waals surface area (Å²) >= 11 is 6.28. The number of hydrogen-bond donors (Lipinski definition) is 2. The highest BCUT2D eigenvalue weighted by atomic mass is 35.5. The molecule has 1 rings (SSSR count). The van der Waals surface area contributed by atoms with Gasteiger partial charge in [-0.05, 0) is 35.1 Å². The van der Waals surface area contributed by atoms with E-state index in [1.165, 1.54) is 0 Å². The third-order valence-corrected chi connectivity index (χ3v) is 3.14. The van der Waals surface area contributed by atoms with Gasteiger partial charge in [0.05, 0.1) is 6.54 Å². The molecule has 0 heterocycles. The summed E-state index contributed by atoms with van der Waals surface area (Å²) in [6.07, 6.45) is 0. The molecule has 0 saturated heterocycles. The lowest BCUT2D eigenvalue weighted by Gasteiger charge is -2.22. The van der Waals surface area contributed by atoms with E-state index >= 15 is 0 Å². The molecule has 100 valence electrons. The van der Waals surface area contributed by atoms with Crippen LogP contribution in [0.1, 0.15) is 37.5 Å². The van der Waals surface area contributed by atoms with Crippen LogP contribution in [0.4, 0.5) is 0 Å². The summed E-state index contributed by atoms with van der Waals surface area (Å²) in [5, 5.41) is 12.2. The molecular formula is C14H20ClNO2. The number of rotatable bonds is 4. The Kier molecular flexibility index (Phi) is 4.77. The van der Waals surface area contributed by atoms with Gasteiger partial charge in [-0.25, -0.2) is 0 Å². The van der Waals surface area contributed by atoms with Gasteiger partial charge in [0.2, 0.25) is 0 Å². The first kappa shape index (κ1) is 15.0. The number of aliphatic carboxylic acids is 1. The maximum absolute atomic E-state index is 10.4. The SMILES string of the molecule is Cc1cc(C(C)(C)C)c(Cl)cc1CNCC(=O)O. The second-order valence-corrected chi connectivity index (χ2v) is 5.91. The van der Waals surface area contributed by atoms with Gasteiger partial charge < -0.3 is 10.4 Å². The highest BCUT2D eigenvalue weighted by Gasteiger charge is 2.18. The lowest BCUT2D eigenvalue weighted by Crippen LogP contribution is -2.22. The van der Waals surface area contributed by atoms with E-state index in [0.717, 1.165) is 21.7 Å². The maximum atomic E-state index is 10.4. The standard InChI is InChI=1S/C14H20ClNO2/c1-9-5-11(14(2,3)4)12(15)6-10(9)7-16-8-13(17)18/h5-6,16H,7-8H2,1-4H3,(H,17,18). The first-order valence-electron chi connectivity index (χ1n) is 5.94. The van der Waals surface area contributed by atoms with Gasteiger partial charge in [0.25, 0.3) is 0 Å². The zero-order chi connectivity index (χ0) is 13.9. The fourth-order valence-electron chi connectivity index (χ4n) is 1.79. The van der Waals surface area contributed by atoms with Crippen molar-refractivity contribution in [2.45, 2.75) is 39.7 Å². The molecule has 0 bridgehead atoms. The van der Waals surface area contributed by atoms with Gasteiger partial charge in [-0.15, -0.1) is 0 Å². The third-order valence-electron chi connectivity index (χ3n) is 2.83. The summed E-state index contributed by atoms with van der Waals surface area (Å²) in [6.45, 7) is 8.85. The Bertz CT molecular complexity index is 450. The van der Waals surface area contributed by atoms with Gasteiger partial charge in [0, 0.05) is 11.6 Å². The van der Waals surface area contributed by atoms with Crippen molar-refractivity contribution in [3.63, 3.8) is 0 Å². The van der Waals surface area contributed by atoms with Crippen LogP contribution in [-0.4, -0.2) is 17.6 Å². The van der Waals surface area contributed by atoms with E-state index in [-0.39, 0.29) is 12.0 Å². The van der Waals surface area contributed by atoms with Crippen LogP contribution in [0.3, 0.4) is 0 Å². The zero-order valence-electron chi connectivity index (χ0n) is 11.3. The molecule has 0 fully saturated rings. The van der Waals surface area contributed by atoms with Crippen LogP contribution in [0.2, 0.25) is 5.02 Å². The number of benzene rings is 1. The van der Waals surface area contributed by atoms with Crippen molar-refractivity contribution in [2.24, 2.45) is 0 Å². The molecule has 0 aliphatic heterocycles. The summed E-state index contributed by atoms with van der Waals surface area (Å²) in [4.78, 5) is 10.4. The Morgan fingerprint density at radius 1 is 1.39 bits per heavy atom. The van der Waals surface area contributed by atoms with Crippen molar-refractivity contribution >= 4 is 17.6 Å². The van der Waals surface area contributed by atoms with Gasteiger partial charge in [-0.3, -0.25) is 4.79 Å². The van der Waals surface area contributed by atoms with Crippen molar-refractivity contribution in [1.82, 2.24) is 5.32 Å². The summed E-state index contributed by atoms with van der Waals surface area (Å²) in [6, 6.07) is 4.01. The molecule has 0 radical (unpaired) electrons. The first-order valence-corrected chi connectivity index (χ1v) is 6.31. The van der Waals surface area contributed by atoms with E-state index in [9.17, 15) is 4.79 Å². The van der Waals surface area contributed by atoms with Crippen LogP contribution in [0, 0.1) is 6.92 Å². The molecule has 0 atom stereocenters. The molecule has 0 amide bonds. The summed E-state index contributed by atoms with van der Waals surface area (Å²) in [7, 11) is 0. The van der Waals surface area contributed by atoms with E-state index in [1.54, 1.807) is 0 Å². The number of nitrogens with one attached hydrogen (secondary N) is 1. The minimum Gasteiger partial charge on any atom is -0.480 e. The van der Waals surface area contributed by atoms with Crippen LogP contribution >= 0.6 is 11.6 Å². The molecule has 0 saturated carbocycles. The van der Waals surface area contributed by atoms with Crippen molar-refractivity contribution in [1.29, 1.82) is 0 Å². The largest absolute Gasteiger partial charge is 0.480 e. The van der Waals surface area contributed by atoms with Crippen LogP contribution in [0.5, 0.6) is 0 Å². The van der Waals surface area contributed by atoms with Crippen molar-refractivity contribution in [3.05, 3.63) is 33.8 Å². The molecule has 18 heavy (non-hydrogen) atoms. The van der Waals surface area contributed by atoms with E-state index in [0.29, 0.717) is 6.54 Å². The topological polar surface area (TPSA) is 49.3 Å². The zero-order valence-corrected chi connectivity index (χ0v) is 12.1. The predicted octanol–water partition coefficient (Wildman–Crippen LogP) is 3.12. The normalized spacial score (nSPS) is 11.6. The Labute approximate surface area is 113 Å². The summed E-state index contributed by atoms with van der Waals surface area (Å²) < 4.78 is 0. The highest BCUT2D eigenvalue weighted by molar-refractivity contribution is 6.31. The number of carbonyl (C=O) groups is 1. The molecule has 0 aliphatic rings. The van der Waals surface area contributed by atoms with E-state index in [1.807, 2.05) is 13.0 Å². The molecule has 1 aromatic rings. The Hall–Kier alpha value is -1.06. The number of halogens is 1. The van der Waals surface area contributed by atoms with Crippen molar-refractivity contribution < 1.29 is 9.90 Å². The van der Waals surface area contributed by atoms with Gasteiger partial charge in [0.1, 0.15) is 0 Å². The maximum Gasteiger partial charge on any atom is 0.317 e. The molecule has 2 N–H and O–H groups in total. The van der Waals surface area contributed by atoms with Crippen LogP contribution in [0.15, 0.2) is 12.1 Å². The number of hydrogen-bond acceptors (Lipinski definition) is 2. The van der Waals surface area contributed by atoms with Crippen LogP contribution in [-0.2, 0) is 16.8 Å². The quantitative estimate of drug-likeness (QED) is 0.883. The van der Waals surface area contributed by atoms with Gasteiger partial charge in [-0.2, -0.15) is 0 Å². The second-order valence-electron chi connectivity index (χ2n) is 5.51. The number of carboxylic acid groups (broad SMARTS) is 1. The van der Waals surface area contributed by atoms with Gasteiger partial charge in [0.15, 0.2) is 0 Å². The molecule has 0 aliphatic carbocycles. The molecule has 0 unspecified atom stereocenters. The van der Waals surface area contributed by atoms with Crippen LogP contribution in [0.25, 0.3) is 0 Å². The summed E-state index contributed by atoms with van der Waals surface area (Å²) in [5.74, 6) is -0.856. The highest BCUT2D eigenvalue weighted by Crippen LogP contribution is 2.31. The molecule has 4 heteroatoms. The average Bonchev–Trinajstić information content (AvgIpc) is 2.20. The monoisotopic (exact) mass is 269 g/mol. The number of aryl methyl sites for hydroxylation is 1. The van der Waals surface area contributed by atoms with Crippen LogP contribution < -0.4 is 5.32 Å². The lowest BCUT2D eigenvalue weighted by atomic mass is 9.85. The average molecular weight is 270 g/mol. The molecule has 0 aromatic heterocycles. The van der Waals surface area contributed by atoms with Gasteiger partial charge >= 0.3 is 5.97 Å². The minimum absolute atomic E-state index is 0.00880. The van der Waals surface area contributed by atoms with Crippen molar-refractivity contribution in [3.8, 4) is 0 Å². The predicted molar refractivity (Wildman–Crippen MR) is 74.2 cm³/mol. The van der Waals surface area contributed by atoms with Crippen molar-refractivity contribution in [2.75, 3.05) is 6.54 Å². The lowest BCUT2D eigenvalue weighted by molar-refractivity contribution is -0.135. The smallest absolute Gasteiger partial charge is 0.317 e. The second kappa shape index (κ2) is 5.72. The fourth-order valence-corrected chi connectivity index (χ4v) is 2.26. The molecule has 3 nitrogen and oxygen atoms in total. The number of carboxylic acids is 1. The Morgan fingerprint density at radius 3 is 2.50 bits per heavy atom. The molecular weight excluding hydrogens is 250 g/mol. The first-order chi connectivity index (χ1) is 8.21.